The Morgan fingerprint density at radius 1 is 1.24 bits per heavy atom. The van der Waals surface area contributed by atoms with Crippen LogP contribution >= 0.6 is 0 Å². The van der Waals surface area contributed by atoms with E-state index in [1.807, 2.05) is 0 Å². The summed E-state index contributed by atoms with van der Waals surface area (Å²) in [5.74, 6) is -3.02. The van der Waals surface area contributed by atoms with Crippen LogP contribution in [0.25, 0.3) is 11.0 Å². The van der Waals surface area contributed by atoms with Crippen LogP contribution in [-0.2, 0) is 9.59 Å². The number of ether oxygens (including phenoxy) is 1. The van der Waals surface area contributed by atoms with Crippen LogP contribution in [0.3, 0.4) is 0 Å². The first kappa shape index (κ1) is 23.9. The number of hydrogen-bond donors (Lipinski definition) is 7. The number of rotatable bonds is 9. The molecule has 0 bridgehead atoms. The molecule has 8 N–H and O–H groups in total. The number of guanidine groups is 1. The van der Waals surface area contributed by atoms with Crippen LogP contribution < -0.4 is 26.4 Å². The predicted octanol–water partition coefficient (Wildman–Crippen LogP) is 1.51. The third-order valence-corrected chi connectivity index (χ3v) is 4.82. The molecular weight excluding hydrogens is 446 g/mol. The van der Waals surface area contributed by atoms with Gasteiger partial charge in [-0.05, 0) is 30.3 Å². The number of carbonyl (C=O) groups is 3. The van der Waals surface area contributed by atoms with Gasteiger partial charge in [0.15, 0.2) is 17.5 Å². The van der Waals surface area contributed by atoms with E-state index in [4.69, 9.17) is 20.3 Å². The van der Waals surface area contributed by atoms with Crippen molar-refractivity contribution in [1.82, 2.24) is 10.6 Å². The van der Waals surface area contributed by atoms with E-state index < -0.39 is 36.8 Å². The van der Waals surface area contributed by atoms with Crippen LogP contribution in [-0.4, -0.2) is 47.6 Å². The second kappa shape index (κ2) is 10.3. The van der Waals surface area contributed by atoms with Gasteiger partial charge in [-0.1, -0.05) is 6.07 Å². The third-order valence-electron chi connectivity index (χ3n) is 4.82. The average molecular weight is 469 g/mol. The second-order valence-electron chi connectivity index (χ2n) is 7.20. The zero-order chi connectivity index (χ0) is 24.8. The largest absolute Gasteiger partial charge is 0.504 e. The highest BCUT2D eigenvalue weighted by Gasteiger charge is 2.25. The molecule has 1 heterocycles. The van der Waals surface area contributed by atoms with Gasteiger partial charge >= 0.3 is 5.97 Å². The van der Waals surface area contributed by atoms with Crippen LogP contribution in [0.1, 0.15) is 28.4 Å². The van der Waals surface area contributed by atoms with Crippen molar-refractivity contribution >= 4 is 40.4 Å². The molecule has 1 aromatic heterocycles. The van der Waals surface area contributed by atoms with Gasteiger partial charge in [-0.25, -0.2) is 0 Å². The van der Waals surface area contributed by atoms with E-state index in [1.165, 1.54) is 31.6 Å². The maximum atomic E-state index is 12.5. The molecule has 2 amide bonds. The molecule has 0 fully saturated rings. The number of carboxylic acid groups (broad SMARTS) is 1. The molecule has 12 heteroatoms. The summed E-state index contributed by atoms with van der Waals surface area (Å²) in [7, 11) is 1.34. The summed E-state index contributed by atoms with van der Waals surface area (Å²) < 4.78 is 10.6. The van der Waals surface area contributed by atoms with E-state index in [1.54, 1.807) is 18.2 Å². The summed E-state index contributed by atoms with van der Waals surface area (Å²) in [4.78, 5) is 36.3. The molecule has 12 nitrogen and oxygen atoms in total. The lowest BCUT2D eigenvalue weighted by molar-refractivity contribution is -0.137. The highest BCUT2D eigenvalue weighted by molar-refractivity contribution is 5.98. The van der Waals surface area contributed by atoms with Crippen LogP contribution in [0, 0.1) is 5.41 Å². The molecule has 1 unspecified atom stereocenters. The molecule has 3 aromatic rings. The number of phenols is 1. The van der Waals surface area contributed by atoms with Crippen LogP contribution in [0.4, 0.5) is 5.69 Å². The summed E-state index contributed by atoms with van der Waals surface area (Å²) in [6.07, 6.45) is 0.846. The van der Waals surface area contributed by atoms with E-state index in [2.05, 4.69) is 16.0 Å². The summed E-state index contributed by atoms with van der Waals surface area (Å²) in [5.41, 5.74) is 6.33. The summed E-state index contributed by atoms with van der Waals surface area (Å²) in [6.45, 7) is -0.458. The molecule has 0 aliphatic heterocycles. The molecule has 3 rings (SSSR count). The smallest absolute Gasteiger partial charge is 0.305 e. The molecule has 1 atom stereocenters. The van der Waals surface area contributed by atoms with Crippen molar-refractivity contribution in [2.24, 2.45) is 5.73 Å². The number of anilines is 1. The number of carbonyl (C=O) groups excluding carboxylic acids is 2. The van der Waals surface area contributed by atoms with Gasteiger partial charge < -0.3 is 41.1 Å². The molecule has 2 aromatic carbocycles. The molecule has 0 saturated carbocycles. The lowest BCUT2D eigenvalue weighted by Gasteiger charge is -2.20. The number of aromatic hydroxyl groups is 1. The van der Waals surface area contributed by atoms with Gasteiger partial charge in [-0.15, -0.1) is 0 Å². The van der Waals surface area contributed by atoms with E-state index in [-0.39, 0.29) is 28.6 Å². The van der Waals surface area contributed by atoms with Gasteiger partial charge in [0.1, 0.15) is 5.58 Å². The Morgan fingerprint density at radius 3 is 2.68 bits per heavy atom. The average Bonchev–Trinajstić information content (AvgIpc) is 3.24. The zero-order valence-electron chi connectivity index (χ0n) is 18.0. The molecule has 0 aliphatic carbocycles. The Balaban J connectivity index is 1.74. The molecule has 0 radical (unpaired) electrons. The van der Waals surface area contributed by atoms with E-state index in [9.17, 15) is 24.6 Å². The first-order valence-corrected chi connectivity index (χ1v) is 9.97. The Labute approximate surface area is 193 Å². The normalized spacial score (nSPS) is 11.4. The number of furan rings is 1. The number of hydrogen-bond acceptors (Lipinski definition) is 7. The number of benzene rings is 2. The maximum absolute atomic E-state index is 12.5. The summed E-state index contributed by atoms with van der Waals surface area (Å²) in [5, 5.41) is 35.2. The van der Waals surface area contributed by atoms with Crippen molar-refractivity contribution in [3.63, 3.8) is 0 Å². The van der Waals surface area contributed by atoms with E-state index >= 15 is 0 Å². The zero-order valence-corrected chi connectivity index (χ0v) is 18.0. The molecule has 0 aliphatic rings. The summed E-state index contributed by atoms with van der Waals surface area (Å²) in [6, 6.07) is 8.02. The Bertz CT molecular complexity index is 1250. The number of carboxylic acids is 1. The highest BCUT2D eigenvalue weighted by atomic mass is 16.5. The SMILES string of the molecule is COc1c(O)c(C(CC(=O)O)NC(=O)CNC(=O)c2cccc(NC(=N)N)c2)cc2occc12. The van der Waals surface area contributed by atoms with Crippen molar-refractivity contribution in [2.45, 2.75) is 12.5 Å². The van der Waals surface area contributed by atoms with Crippen LogP contribution in [0.2, 0.25) is 0 Å². The predicted molar refractivity (Wildman–Crippen MR) is 122 cm³/mol. The van der Waals surface area contributed by atoms with Crippen molar-refractivity contribution in [3.8, 4) is 11.5 Å². The monoisotopic (exact) mass is 469 g/mol. The standard InChI is InChI=1S/C22H23N5O7/c1-33-20-13-5-6-34-16(13)8-14(19(20)31)15(9-18(29)30)27-17(28)10-25-21(32)11-3-2-4-12(7-11)26-22(23)24/h2-8,15,31H,9-10H2,1H3,(H,25,32)(H,27,28)(H,29,30)(H4,23,24,26). The number of fused-ring (bicyclic) bond motifs is 1. The highest BCUT2D eigenvalue weighted by Crippen LogP contribution is 2.41. The number of methoxy groups -OCH3 is 1. The van der Waals surface area contributed by atoms with Gasteiger partial charge in [0.2, 0.25) is 5.91 Å². The Morgan fingerprint density at radius 2 is 2.00 bits per heavy atom. The minimum atomic E-state index is -1.22. The molecule has 0 saturated heterocycles. The van der Waals surface area contributed by atoms with Crippen LogP contribution in [0.5, 0.6) is 11.5 Å². The van der Waals surface area contributed by atoms with Crippen molar-refractivity contribution in [2.75, 3.05) is 19.0 Å². The number of nitrogens with two attached hydrogens (primary N) is 1. The fourth-order valence-corrected chi connectivity index (χ4v) is 3.38. The van der Waals surface area contributed by atoms with Gasteiger partial charge in [-0.3, -0.25) is 19.8 Å². The fraction of sp³-hybridized carbons (Fsp3) is 0.182. The minimum Gasteiger partial charge on any atom is -0.504 e. The maximum Gasteiger partial charge on any atom is 0.305 e. The van der Waals surface area contributed by atoms with Crippen molar-refractivity contribution < 1.29 is 33.8 Å². The minimum absolute atomic E-state index is 0.0817. The summed E-state index contributed by atoms with van der Waals surface area (Å²) >= 11 is 0. The van der Waals surface area contributed by atoms with Crippen molar-refractivity contribution in [3.05, 3.63) is 53.8 Å². The van der Waals surface area contributed by atoms with Gasteiger partial charge in [0.05, 0.1) is 37.8 Å². The molecule has 178 valence electrons. The van der Waals surface area contributed by atoms with Gasteiger partial charge in [0, 0.05) is 16.8 Å². The fourth-order valence-electron chi connectivity index (χ4n) is 3.38. The van der Waals surface area contributed by atoms with Gasteiger partial charge in [-0.2, -0.15) is 0 Å². The lowest BCUT2D eigenvalue weighted by Crippen LogP contribution is -2.39. The number of amides is 2. The van der Waals surface area contributed by atoms with Gasteiger partial charge in [0.25, 0.3) is 5.91 Å². The second-order valence-corrected chi connectivity index (χ2v) is 7.20. The lowest BCUT2D eigenvalue weighted by atomic mass is 10.00. The number of phenolic OH excluding ortho intramolecular Hbond substituents is 1. The number of aliphatic carboxylic acids is 1. The van der Waals surface area contributed by atoms with E-state index in [0.29, 0.717) is 16.7 Å². The Hall–Kier alpha value is -4.74. The third kappa shape index (κ3) is 5.54. The molecular formula is C22H23N5O7. The quantitative estimate of drug-likeness (QED) is 0.179. The first-order valence-electron chi connectivity index (χ1n) is 9.97. The first-order chi connectivity index (χ1) is 16.2. The van der Waals surface area contributed by atoms with Crippen molar-refractivity contribution in [1.29, 1.82) is 5.41 Å². The van der Waals surface area contributed by atoms with Crippen LogP contribution in [0.15, 0.2) is 47.1 Å². The topological polar surface area (TPSA) is 200 Å². The molecule has 34 heavy (non-hydrogen) atoms. The van der Waals surface area contributed by atoms with E-state index in [0.717, 1.165) is 0 Å². The number of nitrogens with one attached hydrogen (secondary N) is 4. The Kier molecular flexibility index (Phi) is 7.21. The molecule has 0 spiro atoms.